The molecule has 0 aliphatic carbocycles. The molecule has 3 N–H and O–H groups in total. The van der Waals surface area contributed by atoms with Crippen molar-refractivity contribution < 1.29 is 36.5 Å². The van der Waals surface area contributed by atoms with Crippen LogP contribution in [0.2, 0.25) is 0 Å². The number of hydrogen-bond acceptors (Lipinski definition) is 5. The number of imide groups is 1. The molecule has 9 heteroatoms. The summed E-state index contributed by atoms with van der Waals surface area (Å²) in [6.45, 7) is 0.396. The van der Waals surface area contributed by atoms with E-state index in [1.54, 1.807) is 0 Å². The number of carbonyl (C=O) groups is 3. The summed E-state index contributed by atoms with van der Waals surface area (Å²) in [5.41, 5.74) is 5.56. The first-order valence-corrected chi connectivity index (χ1v) is 15.9. The molecule has 0 aromatic heterocycles. The van der Waals surface area contributed by atoms with E-state index in [-0.39, 0.29) is 41.0 Å². The van der Waals surface area contributed by atoms with Crippen molar-refractivity contribution in [3.05, 3.63) is 91.0 Å². The summed E-state index contributed by atoms with van der Waals surface area (Å²) in [6.07, 6.45) is 3.71. The molecule has 39 heavy (non-hydrogen) atoms. The number of carboxylic acids is 1. The highest BCUT2D eigenvalue weighted by atomic mass is 79.9. The molecule has 6 nitrogen and oxygen atoms in total. The van der Waals surface area contributed by atoms with Gasteiger partial charge in [-0.2, -0.15) is 0 Å². The van der Waals surface area contributed by atoms with Crippen molar-refractivity contribution in [1.82, 2.24) is 4.90 Å². The molecular weight excluding hydrogens is 595 g/mol. The zero-order chi connectivity index (χ0) is 27.0. The first-order valence-electron chi connectivity index (χ1n) is 12.9. The summed E-state index contributed by atoms with van der Waals surface area (Å²) in [5.74, 6) is -1.41. The van der Waals surface area contributed by atoms with Gasteiger partial charge in [-0.1, -0.05) is 54.6 Å². The quantitative estimate of drug-likeness (QED) is 0.162. The van der Waals surface area contributed by atoms with E-state index in [0.717, 1.165) is 37.2 Å². The van der Waals surface area contributed by atoms with E-state index in [0.29, 0.717) is 6.54 Å². The number of unbranched alkanes of at least 4 members (excludes halogenated alkanes) is 2. The van der Waals surface area contributed by atoms with Crippen LogP contribution >= 0.6 is 19.0 Å². The Hall–Kier alpha value is -2.51. The van der Waals surface area contributed by atoms with Gasteiger partial charge < -0.3 is 27.8 Å². The molecular formula is C30H34BrN2O4PS. The van der Waals surface area contributed by atoms with Crippen LogP contribution in [0.1, 0.15) is 25.7 Å². The van der Waals surface area contributed by atoms with Crippen molar-refractivity contribution in [2.24, 2.45) is 5.73 Å². The first kappa shape index (κ1) is 31.0. The number of rotatable bonds is 13. The van der Waals surface area contributed by atoms with Gasteiger partial charge in [0.25, 0.3) is 0 Å². The van der Waals surface area contributed by atoms with Crippen LogP contribution < -0.4 is 38.6 Å². The van der Waals surface area contributed by atoms with Crippen molar-refractivity contribution in [2.45, 2.75) is 37.0 Å². The molecule has 1 saturated heterocycles. The van der Waals surface area contributed by atoms with Gasteiger partial charge in [-0.15, -0.1) is 11.8 Å². The summed E-state index contributed by atoms with van der Waals surface area (Å²) >= 11 is 1.16. The summed E-state index contributed by atoms with van der Waals surface area (Å²) in [4.78, 5) is 37.6. The van der Waals surface area contributed by atoms with Crippen molar-refractivity contribution in [3.8, 4) is 0 Å². The number of thioether (sulfide) groups is 1. The second kappa shape index (κ2) is 14.8. The van der Waals surface area contributed by atoms with Gasteiger partial charge in [0, 0.05) is 18.7 Å². The van der Waals surface area contributed by atoms with Crippen LogP contribution in [0.25, 0.3) is 0 Å². The minimum absolute atomic E-state index is 0. The molecule has 206 valence electrons. The van der Waals surface area contributed by atoms with E-state index in [2.05, 4.69) is 91.0 Å². The lowest BCUT2D eigenvalue weighted by atomic mass is 10.2. The topological polar surface area (TPSA) is 101 Å². The highest BCUT2D eigenvalue weighted by Crippen LogP contribution is 2.56. The minimum Gasteiger partial charge on any atom is -1.00 e. The molecule has 0 radical (unpaired) electrons. The number of carboxylic acid groups (broad SMARTS) is 1. The van der Waals surface area contributed by atoms with E-state index in [1.807, 2.05) is 0 Å². The van der Waals surface area contributed by atoms with E-state index in [9.17, 15) is 14.4 Å². The maximum Gasteiger partial charge on any atom is 0.321 e. The Balaban J connectivity index is 0.00000420. The van der Waals surface area contributed by atoms with Gasteiger partial charge in [-0.05, 0) is 55.7 Å². The monoisotopic (exact) mass is 628 g/mol. The van der Waals surface area contributed by atoms with Gasteiger partial charge in [0.05, 0.1) is 11.4 Å². The van der Waals surface area contributed by atoms with E-state index in [4.69, 9.17) is 10.8 Å². The Bertz CT molecular complexity index is 1140. The fraction of sp³-hybridized carbons (Fsp3) is 0.300. The van der Waals surface area contributed by atoms with Crippen LogP contribution in [0.15, 0.2) is 91.0 Å². The largest absolute Gasteiger partial charge is 1.00 e. The van der Waals surface area contributed by atoms with Gasteiger partial charge >= 0.3 is 5.97 Å². The van der Waals surface area contributed by atoms with E-state index in [1.165, 1.54) is 20.8 Å². The van der Waals surface area contributed by atoms with E-state index >= 15 is 0 Å². The van der Waals surface area contributed by atoms with Gasteiger partial charge in [0.15, 0.2) is 0 Å². The van der Waals surface area contributed by atoms with Crippen LogP contribution in [-0.2, 0) is 14.4 Å². The maximum atomic E-state index is 12.8. The highest BCUT2D eigenvalue weighted by molar-refractivity contribution is 8.00. The van der Waals surface area contributed by atoms with Crippen LogP contribution in [-0.4, -0.2) is 57.5 Å². The van der Waals surface area contributed by atoms with Gasteiger partial charge in [-0.25, -0.2) is 0 Å². The average molecular weight is 630 g/mol. The molecule has 1 heterocycles. The third-order valence-corrected chi connectivity index (χ3v) is 12.8. The van der Waals surface area contributed by atoms with E-state index < -0.39 is 24.5 Å². The average Bonchev–Trinajstić information content (AvgIpc) is 3.22. The lowest BCUT2D eigenvalue weighted by Crippen LogP contribution is -3.00. The zero-order valence-electron chi connectivity index (χ0n) is 21.7. The summed E-state index contributed by atoms with van der Waals surface area (Å²) in [7, 11) is -1.89. The highest BCUT2D eigenvalue weighted by Gasteiger charge is 2.44. The number of nitrogens with zero attached hydrogens (tertiary/aromatic N) is 1. The molecule has 4 rings (SSSR count). The molecule has 0 spiro atoms. The Morgan fingerprint density at radius 3 is 1.82 bits per heavy atom. The number of carbonyl (C=O) groups excluding carboxylic acids is 2. The Morgan fingerprint density at radius 2 is 1.36 bits per heavy atom. The van der Waals surface area contributed by atoms with Crippen molar-refractivity contribution in [1.29, 1.82) is 0 Å². The molecule has 0 saturated carbocycles. The molecule has 2 amide bonds. The lowest BCUT2D eigenvalue weighted by Gasteiger charge is -2.27. The molecule has 3 aromatic rings. The number of benzene rings is 3. The summed E-state index contributed by atoms with van der Waals surface area (Å²) < 4.78 is 0. The molecule has 1 aliphatic heterocycles. The van der Waals surface area contributed by atoms with Crippen LogP contribution in [0.5, 0.6) is 0 Å². The predicted molar refractivity (Wildman–Crippen MR) is 157 cm³/mol. The number of halogens is 1. The fourth-order valence-corrected chi connectivity index (χ4v) is 10.5. The van der Waals surface area contributed by atoms with Crippen LogP contribution in [0.3, 0.4) is 0 Å². The molecule has 0 bridgehead atoms. The maximum absolute atomic E-state index is 12.8. The predicted octanol–water partition coefficient (Wildman–Crippen LogP) is 0.427. The minimum atomic E-state index is -1.89. The number of hydrogen-bond donors (Lipinski definition) is 2. The Labute approximate surface area is 245 Å². The molecule has 1 aliphatic rings. The number of nitrogens with two attached hydrogens (primary N) is 1. The Morgan fingerprint density at radius 1 is 0.872 bits per heavy atom. The lowest BCUT2D eigenvalue weighted by molar-refractivity contribution is -0.139. The van der Waals surface area contributed by atoms with Crippen LogP contribution in [0, 0.1) is 0 Å². The third kappa shape index (κ3) is 7.37. The van der Waals surface area contributed by atoms with Crippen molar-refractivity contribution in [3.63, 3.8) is 0 Å². The molecule has 1 unspecified atom stereocenters. The SMILES string of the molecule is N[C@@H](CSC1CC(=O)N(CCCCC[P+](c2ccccc2)(c2ccccc2)c2ccccc2)C1=O)C(=O)O.[Br-]. The standard InChI is InChI=1S/C30H33N2O4PS.BrH/c31-26(30(35)36)22-38-27-21-28(33)32(29(27)34)19-11-4-12-20-37(23-13-5-1-6-14-23,24-15-7-2-8-16-24)25-17-9-3-10-18-25;/h1-3,5-10,13-18,26-27H,4,11-12,19-22,31H2;1H/t26-,27?;/m0./s1. The van der Waals surface area contributed by atoms with Crippen molar-refractivity contribution in [2.75, 3.05) is 18.5 Å². The van der Waals surface area contributed by atoms with Gasteiger partial charge in [-0.3, -0.25) is 19.3 Å². The van der Waals surface area contributed by atoms with Crippen molar-refractivity contribution >= 4 is 52.7 Å². The van der Waals surface area contributed by atoms with Crippen LogP contribution in [0.4, 0.5) is 0 Å². The fourth-order valence-electron chi connectivity index (χ4n) is 4.99. The number of amides is 2. The molecule has 3 aromatic carbocycles. The molecule has 2 atom stereocenters. The normalized spacial score (nSPS) is 16.1. The zero-order valence-corrected chi connectivity index (χ0v) is 25.0. The second-order valence-electron chi connectivity index (χ2n) is 9.46. The number of likely N-dealkylation sites (tertiary alicyclic amines) is 1. The van der Waals surface area contributed by atoms with Gasteiger partial charge in [0.2, 0.25) is 11.8 Å². The molecule has 1 fully saturated rings. The third-order valence-electron chi connectivity index (χ3n) is 6.96. The Kier molecular flexibility index (Phi) is 11.7. The number of aliphatic carboxylic acids is 1. The van der Waals surface area contributed by atoms with Gasteiger partial charge in [0.1, 0.15) is 29.2 Å². The first-order chi connectivity index (χ1) is 18.4. The smallest absolute Gasteiger partial charge is 0.321 e. The summed E-state index contributed by atoms with van der Waals surface area (Å²) in [6, 6.07) is 31.2. The second-order valence-corrected chi connectivity index (χ2v) is 14.3. The summed E-state index contributed by atoms with van der Waals surface area (Å²) in [5, 5.41) is 12.5.